The van der Waals surface area contributed by atoms with Crippen LogP contribution in [0.2, 0.25) is 0 Å². The lowest BCUT2D eigenvalue weighted by Crippen LogP contribution is -2.55. The van der Waals surface area contributed by atoms with Gasteiger partial charge in [-0.15, -0.1) is 0 Å². The number of carbonyl (C=O) groups is 5. The van der Waals surface area contributed by atoms with Crippen molar-refractivity contribution in [3.05, 3.63) is 70.8 Å². The number of amides is 4. The van der Waals surface area contributed by atoms with Crippen molar-refractivity contribution >= 4 is 29.8 Å². The van der Waals surface area contributed by atoms with Crippen LogP contribution in [-0.4, -0.2) is 64.5 Å². The number of nitrogens with one attached hydrogen (secondary N) is 2. The van der Waals surface area contributed by atoms with Crippen LogP contribution in [0, 0.1) is 13.8 Å². The van der Waals surface area contributed by atoms with Crippen LogP contribution in [0.1, 0.15) is 83.2 Å². The third-order valence-electron chi connectivity index (χ3n) is 6.72. The lowest BCUT2D eigenvalue weighted by atomic mass is 9.97. The van der Waals surface area contributed by atoms with Gasteiger partial charge in [-0.3, -0.25) is 14.4 Å². The molecule has 4 amide bonds. The van der Waals surface area contributed by atoms with E-state index in [-0.39, 0.29) is 13.0 Å². The number of nitrogens with zero attached hydrogens (tertiary/aromatic N) is 1. The highest BCUT2D eigenvalue weighted by atomic mass is 16.6. The van der Waals surface area contributed by atoms with E-state index in [0.29, 0.717) is 5.56 Å². The molecule has 0 heterocycles. The van der Waals surface area contributed by atoms with Gasteiger partial charge in [0.25, 0.3) is 0 Å². The SMILES string of the molecule is CCN(C(=O)C(CC(N)=O)NC(=O)OC(C)(C)C)C(C(=O)NC(Cc1ccccc1)C(=O)OC(C)(C)C)c1ccc(C)c(C)c1. The number of nitrogens with two attached hydrogens (primary N) is 1. The van der Waals surface area contributed by atoms with Crippen LogP contribution in [0.4, 0.5) is 4.79 Å². The Balaban J connectivity index is 2.58. The quantitative estimate of drug-likeness (QED) is 0.301. The largest absolute Gasteiger partial charge is 0.458 e. The van der Waals surface area contributed by atoms with Gasteiger partial charge in [-0.05, 0) is 84.6 Å². The summed E-state index contributed by atoms with van der Waals surface area (Å²) in [5.41, 5.74) is 6.89. The summed E-state index contributed by atoms with van der Waals surface area (Å²) in [6.07, 6.45) is -1.30. The van der Waals surface area contributed by atoms with Gasteiger partial charge in [0.1, 0.15) is 29.3 Å². The van der Waals surface area contributed by atoms with Gasteiger partial charge in [0.15, 0.2) is 0 Å². The summed E-state index contributed by atoms with van der Waals surface area (Å²) in [7, 11) is 0. The summed E-state index contributed by atoms with van der Waals surface area (Å²) in [5.74, 6) is -2.83. The van der Waals surface area contributed by atoms with E-state index in [9.17, 15) is 24.0 Å². The molecule has 246 valence electrons. The van der Waals surface area contributed by atoms with Gasteiger partial charge >= 0.3 is 12.1 Å². The molecule has 0 saturated carbocycles. The number of rotatable bonds is 12. The molecule has 3 atom stereocenters. The number of ether oxygens (including phenoxy) is 2. The van der Waals surface area contributed by atoms with E-state index >= 15 is 0 Å². The maximum atomic E-state index is 14.3. The van der Waals surface area contributed by atoms with Crippen molar-refractivity contribution < 1.29 is 33.4 Å². The van der Waals surface area contributed by atoms with Crippen LogP contribution in [-0.2, 0) is 35.1 Å². The Morgan fingerprint density at radius 2 is 1.42 bits per heavy atom. The molecular weight excluding hydrogens is 576 g/mol. The zero-order chi connectivity index (χ0) is 34.1. The second kappa shape index (κ2) is 15.5. The van der Waals surface area contributed by atoms with Gasteiger partial charge < -0.3 is 30.7 Å². The van der Waals surface area contributed by atoms with E-state index in [2.05, 4.69) is 10.6 Å². The van der Waals surface area contributed by atoms with Crippen molar-refractivity contribution in [3.8, 4) is 0 Å². The minimum atomic E-state index is -1.41. The summed E-state index contributed by atoms with van der Waals surface area (Å²) < 4.78 is 11.0. The number of benzene rings is 2. The van der Waals surface area contributed by atoms with Crippen molar-refractivity contribution in [2.24, 2.45) is 5.73 Å². The van der Waals surface area contributed by atoms with E-state index < -0.39 is 65.5 Å². The van der Waals surface area contributed by atoms with Gasteiger partial charge in [0.2, 0.25) is 17.7 Å². The first-order valence-electron chi connectivity index (χ1n) is 15.0. The van der Waals surface area contributed by atoms with E-state index in [1.54, 1.807) is 60.6 Å². The second-order valence-electron chi connectivity index (χ2n) is 13.0. The third-order valence-corrected chi connectivity index (χ3v) is 6.72. The predicted octanol–water partition coefficient (Wildman–Crippen LogP) is 4.03. The molecule has 0 aliphatic rings. The van der Waals surface area contributed by atoms with Crippen molar-refractivity contribution in [2.45, 2.75) is 104 Å². The normalized spacial score (nSPS) is 13.5. The highest BCUT2D eigenvalue weighted by Gasteiger charge is 2.38. The summed E-state index contributed by atoms with van der Waals surface area (Å²) in [5, 5.41) is 5.27. The molecule has 45 heavy (non-hydrogen) atoms. The molecular formula is C34H48N4O7. The summed E-state index contributed by atoms with van der Waals surface area (Å²) in [6, 6.07) is 10.8. The molecule has 0 saturated heterocycles. The van der Waals surface area contributed by atoms with Gasteiger partial charge in [0.05, 0.1) is 6.42 Å². The topological polar surface area (TPSA) is 157 Å². The fraction of sp³-hybridized carbons (Fsp3) is 0.500. The number of carbonyl (C=O) groups excluding carboxylic acids is 5. The van der Waals surface area contributed by atoms with E-state index in [4.69, 9.17) is 15.2 Å². The first kappa shape index (κ1) is 36.8. The highest BCUT2D eigenvalue weighted by Crippen LogP contribution is 2.26. The Morgan fingerprint density at radius 1 is 0.822 bits per heavy atom. The molecule has 2 aromatic carbocycles. The summed E-state index contributed by atoms with van der Waals surface area (Å²) >= 11 is 0. The number of likely N-dealkylation sites (N-methyl/N-ethyl adjacent to an activating group) is 1. The number of alkyl carbamates (subject to hydrolysis) is 1. The Labute approximate surface area is 266 Å². The van der Waals surface area contributed by atoms with Gasteiger partial charge in [-0.2, -0.15) is 0 Å². The number of esters is 1. The molecule has 0 bridgehead atoms. The molecule has 2 rings (SSSR count). The van der Waals surface area contributed by atoms with Crippen LogP contribution in [0.25, 0.3) is 0 Å². The van der Waals surface area contributed by atoms with Crippen LogP contribution >= 0.6 is 0 Å². The fourth-order valence-corrected chi connectivity index (χ4v) is 4.59. The van der Waals surface area contributed by atoms with E-state index in [1.807, 2.05) is 50.2 Å². The van der Waals surface area contributed by atoms with Crippen LogP contribution < -0.4 is 16.4 Å². The molecule has 0 fully saturated rings. The van der Waals surface area contributed by atoms with E-state index in [0.717, 1.165) is 16.7 Å². The third kappa shape index (κ3) is 11.9. The van der Waals surface area contributed by atoms with Gasteiger partial charge in [-0.25, -0.2) is 9.59 Å². The standard InChI is InChI=1S/C34H48N4O7/c1-10-38(30(41)25(20-27(35)39)37-32(43)45-34(7,8)9)28(24-17-16-21(2)22(3)18-24)29(40)36-26(31(42)44-33(4,5)6)19-23-14-12-11-13-15-23/h11-18,25-26,28H,10,19-20H2,1-9H3,(H2,35,39)(H,36,40)(H,37,43). The van der Waals surface area contributed by atoms with E-state index in [1.165, 1.54) is 4.90 Å². The highest BCUT2D eigenvalue weighted by molar-refractivity contribution is 5.95. The van der Waals surface area contributed by atoms with Crippen LogP contribution in [0.3, 0.4) is 0 Å². The molecule has 11 heteroatoms. The first-order valence-corrected chi connectivity index (χ1v) is 15.0. The maximum Gasteiger partial charge on any atom is 0.408 e. The van der Waals surface area contributed by atoms with Crippen molar-refractivity contribution in [3.63, 3.8) is 0 Å². The van der Waals surface area contributed by atoms with Crippen LogP contribution in [0.5, 0.6) is 0 Å². The monoisotopic (exact) mass is 624 g/mol. The lowest BCUT2D eigenvalue weighted by molar-refractivity contribution is -0.159. The molecule has 2 aromatic rings. The van der Waals surface area contributed by atoms with Gasteiger partial charge in [-0.1, -0.05) is 48.5 Å². The average Bonchev–Trinajstić information content (AvgIpc) is 2.90. The number of hydrogen-bond donors (Lipinski definition) is 3. The van der Waals surface area contributed by atoms with Crippen molar-refractivity contribution in [2.75, 3.05) is 6.54 Å². The Hall–Kier alpha value is -4.41. The molecule has 0 aliphatic heterocycles. The summed E-state index contributed by atoms with van der Waals surface area (Å²) in [4.78, 5) is 67.6. The Morgan fingerprint density at radius 3 is 1.93 bits per heavy atom. The molecule has 11 nitrogen and oxygen atoms in total. The number of hydrogen-bond acceptors (Lipinski definition) is 7. The Kier molecular flexibility index (Phi) is 12.7. The van der Waals surface area contributed by atoms with Crippen molar-refractivity contribution in [1.82, 2.24) is 15.5 Å². The minimum Gasteiger partial charge on any atom is -0.458 e. The Bertz CT molecular complexity index is 1360. The minimum absolute atomic E-state index is 0.0187. The fourth-order valence-electron chi connectivity index (χ4n) is 4.59. The first-order chi connectivity index (χ1) is 20.8. The van der Waals surface area contributed by atoms with Gasteiger partial charge in [0, 0.05) is 13.0 Å². The average molecular weight is 625 g/mol. The summed E-state index contributed by atoms with van der Waals surface area (Å²) in [6.45, 7) is 15.7. The zero-order valence-electron chi connectivity index (χ0n) is 27.9. The van der Waals surface area contributed by atoms with Crippen LogP contribution in [0.15, 0.2) is 48.5 Å². The number of primary amides is 1. The smallest absolute Gasteiger partial charge is 0.408 e. The maximum absolute atomic E-state index is 14.3. The zero-order valence-corrected chi connectivity index (χ0v) is 27.9. The van der Waals surface area contributed by atoms with Crippen molar-refractivity contribution in [1.29, 1.82) is 0 Å². The molecule has 4 N–H and O–H groups in total. The predicted molar refractivity (Wildman–Crippen MR) is 171 cm³/mol. The molecule has 0 spiro atoms. The molecule has 0 radical (unpaired) electrons. The lowest BCUT2D eigenvalue weighted by Gasteiger charge is -2.34. The molecule has 0 aliphatic carbocycles. The molecule has 3 unspecified atom stereocenters. The number of aryl methyl sites for hydroxylation is 2. The second-order valence-corrected chi connectivity index (χ2v) is 13.0. The molecule has 0 aromatic heterocycles.